The Labute approximate surface area is 141 Å². The van der Waals surface area contributed by atoms with Crippen molar-refractivity contribution < 1.29 is 9.53 Å². The molecule has 1 unspecified atom stereocenters. The van der Waals surface area contributed by atoms with E-state index in [9.17, 15) is 4.79 Å². The second-order valence-electron chi connectivity index (χ2n) is 5.27. The van der Waals surface area contributed by atoms with Crippen LogP contribution >= 0.6 is 0 Å². The Morgan fingerprint density at radius 2 is 2.25 bits per heavy atom. The van der Waals surface area contributed by atoms with Gasteiger partial charge >= 0.3 is 5.97 Å². The summed E-state index contributed by atoms with van der Waals surface area (Å²) in [4.78, 5) is 16.5. The zero-order chi connectivity index (χ0) is 17.5. The van der Waals surface area contributed by atoms with Crippen LogP contribution in [0.1, 0.15) is 18.3 Å². The Morgan fingerprint density at radius 3 is 2.83 bits per heavy atom. The molecule has 1 aromatic heterocycles. The molecule has 0 bridgehead atoms. The first kappa shape index (κ1) is 17.4. The van der Waals surface area contributed by atoms with Gasteiger partial charge in [0.1, 0.15) is 11.9 Å². The van der Waals surface area contributed by atoms with E-state index in [1.54, 1.807) is 18.3 Å². The summed E-state index contributed by atoms with van der Waals surface area (Å²) in [6, 6.07) is 6.83. The van der Waals surface area contributed by atoms with E-state index in [4.69, 9.17) is 10.5 Å². The van der Waals surface area contributed by atoms with Gasteiger partial charge in [0.25, 0.3) is 0 Å². The van der Waals surface area contributed by atoms with Crippen LogP contribution in [0.4, 0.5) is 5.69 Å². The first-order valence-electron chi connectivity index (χ1n) is 7.63. The number of anilines is 1. The normalized spacial score (nSPS) is 11.3. The Balaban J connectivity index is 2.32. The van der Waals surface area contributed by atoms with Crippen LogP contribution in [0.2, 0.25) is 0 Å². The number of nitrogens with two attached hydrogens (primary N) is 1. The summed E-state index contributed by atoms with van der Waals surface area (Å²) < 4.78 is 6.79. The first-order valence-corrected chi connectivity index (χ1v) is 7.63. The number of carbonyl (C=O) groups is 1. The number of methoxy groups -OCH3 is 1. The van der Waals surface area contributed by atoms with E-state index < -0.39 is 6.04 Å². The zero-order valence-corrected chi connectivity index (χ0v) is 14.1. The van der Waals surface area contributed by atoms with Gasteiger partial charge in [-0.3, -0.25) is 0 Å². The van der Waals surface area contributed by atoms with Gasteiger partial charge in [-0.2, -0.15) is 0 Å². The van der Waals surface area contributed by atoms with Crippen molar-refractivity contribution in [3.63, 3.8) is 0 Å². The number of para-hydroxylation sites is 1. The number of imidazole rings is 1. The number of nitrogens with zero attached hydrogens (tertiary/aromatic N) is 2. The molecule has 0 fully saturated rings. The fraction of sp³-hybridized carbons (Fsp3) is 0.278. The molecule has 0 amide bonds. The van der Waals surface area contributed by atoms with Crippen molar-refractivity contribution >= 4 is 17.4 Å². The first-order chi connectivity index (χ1) is 11.6. The van der Waals surface area contributed by atoms with E-state index in [1.807, 2.05) is 42.9 Å². The molecule has 2 aromatic rings. The fourth-order valence-electron chi connectivity index (χ4n) is 2.35. The van der Waals surface area contributed by atoms with Gasteiger partial charge < -0.3 is 20.4 Å². The lowest BCUT2D eigenvalue weighted by Gasteiger charge is -2.19. The van der Waals surface area contributed by atoms with E-state index in [1.165, 1.54) is 7.11 Å². The molecular weight excluding hydrogens is 304 g/mol. The summed E-state index contributed by atoms with van der Waals surface area (Å²) in [5.41, 5.74) is 11.2. The molecule has 0 saturated heterocycles. The lowest BCUT2D eigenvalue weighted by atomic mass is 10.1. The number of hydrogen-bond acceptors (Lipinski definition) is 5. The molecule has 126 valence electrons. The molecule has 0 aliphatic heterocycles. The number of nitrogen functional groups attached to an aromatic ring is 1. The molecule has 0 spiro atoms. The minimum Gasteiger partial charge on any atom is -0.467 e. The molecule has 6 nitrogen and oxygen atoms in total. The Kier molecular flexibility index (Phi) is 5.82. The Hall–Kier alpha value is -2.98. The van der Waals surface area contributed by atoms with Crippen LogP contribution in [0, 0.1) is 0 Å². The van der Waals surface area contributed by atoms with Crippen molar-refractivity contribution in [2.45, 2.75) is 19.4 Å². The van der Waals surface area contributed by atoms with Crippen molar-refractivity contribution in [1.82, 2.24) is 14.9 Å². The molecule has 3 N–H and O–H groups in total. The Bertz CT molecular complexity index is 773. The van der Waals surface area contributed by atoms with E-state index in [0.29, 0.717) is 17.8 Å². The van der Waals surface area contributed by atoms with Crippen LogP contribution in [0.25, 0.3) is 5.70 Å². The molecular formula is C18H22N4O2. The summed E-state index contributed by atoms with van der Waals surface area (Å²) in [5, 5.41) is 3.19. The number of aryl methyl sites for hydroxylation is 1. The van der Waals surface area contributed by atoms with Crippen molar-refractivity contribution in [1.29, 1.82) is 0 Å². The van der Waals surface area contributed by atoms with Gasteiger partial charge in [-0.1, -0.05) is 23.9 Å². The van der Waals surface area contributed by atoms with Gasteiger partial charge in [-0.05, 0) is 19.1 Å². The van der Waals surface area contributed by atoms with Crippen LogP contribution in [-0.4, -0.2) is 28.7 Å². The summed E-state index contributed by atoms with van der Waals surface area (Å²) >= 11 is 0. The number of esters is 1. The molecule has 6 heteroatoms. The van der Waals surface area contributed by atoms with Crippen molar-refractivity contribution in [3.05, 3.63) is 59.9 Å². The third-order valence-corrected chi connectivity index (χ3v) is 3.63. The third kappa shape index (κ3) is 4.06. The highest BCUT2D eigenvalue weighted by molar-refractivity contribution is 5.81. The van der Waals surface area contributed by atoms with E-state index in [0.717, 1.165) is 11.4 Å². The number of hydrogen-bond donors (Lipinski definition) is 2. The standard InChI is InChI=1S/C18H22N4O2/c1-4-7-15(13-8-5-6-9-14(13)19)21-16(18(23)24-3)12-17-20-10-11-22(17)2/h4-6,8-11,16,21H,12,19H2,1-3H3. The highest BCUT2D eigenvalue weighted by Gasteiger charge is 2.23. The summed E-state index contributed by atoms with van der Waals surface area (Å²) in [5.74, 6) is 0.404. The smallest absolute Gasteiger partial charge is 0.328 e. The van der Waals surface area contributed by atoms with Crippen molar-refractivity contribution in [2.75, 3.05) is 12.8 Å². The number of rotatable bonds is 6. The van der Waals surface area contributed by atoms with Crippen LogP contribution in [0.3, 0.4) is 0 Å². The SMILES string of the molecule is CC=C=C(NC(Cc1nccn1C)C(=O)OC)c1ccccc1N. The maximum Gasteiger partial charge on any atom is 0.328 e. The fourth-order valence-corrected chi connectivity index (χ4v) is 2.35. The summed E-state index contributed by atoms with van der Waals surface area (Å²) in [6.07, 6.45) is 5.69. The van der Waals surface area contributed by atoms with E-state index in [-0.39, 0.29) is 5.97 Å². The molecule has 0 saturated carbocycles. The van der Waals surface area contributed by atoms with Crippen molar-refractivity contribution in [2.24, 2.45) is 7.05 Å². The molecule has 0 radical (unpaired) electrons. The number of allylic oxidation sites excluding steroid dienone is 1. The highest BCUT2D eigenvalue weighted by atomic mass is 16.5. The van der Waals surface area contributed by atoms with Gasteiger partial charge in [0.2, 0.25) is 0 Å². The second kappa shape index (κ2) is 8.04. The lowest BCUT2D eigenvalue weighted by molar-refractivity contribution is -0.142. The van der Waals surface area contributed by atoms with Gasteiger partial charge in [0.15, 0.2) is 0 Å². The van der Waals surface area contributed by atoms with Gasteiger partial charge in [-0.15, -0.1) is 0 Å². The lowest BCUT2D eigenvalue weighted by Crippen LogP contribution is -2.39. The van der Waals surface area contributed by atoms with Gasteiger partial charge in [-0.25, -0.2) is 9.78 Å². The maximum atomic E-state index is 12.2. The van der Waals surface area contributed by atoms with Gasteiger partial charge in [0.05, 0.1) is 12.8 Å². The average molecular weight is 326 g/mol. The summed E-state index contributed by atoms with van der Waals surface area (Å²) in [6.45, 7) is 1.85. The third-order valence-electron chi connectivity index (χ3n) is 3.63. The predicted molar refractivity (Wildman–Crippen MR) is 93.9 cm³/mol. The second-order valence-corrected chi connectivity index (χ2v) is 5.27. The maximum absolute atomic E-state index is 12.2. The molecule has 1 atom stereocenters. The quantitative estimate of drug-likeness (QED) is 0.481. The zero-order valence-electron chi connectivity index (χ0n) is 14.1. The van der Waals surface area contributed by atoms with Crippen LogP contribution in [0.15, 0.2) is 48.5 Å². The number of ether oxygens (including phenoxy) is 1. The summed E-state index contributed by atoms with van der Waals surface area (Å²) in [7, 11) is 3.25. The van der Waals surface area contributed by atoms with E-state index in [2.05, 4.69) is 16.0 Å². The minimum absolute atomic E-state index is 0.372. The molecule has 1 heterocycles. The van der Waals surface area contributed by atoms with Crippen LogP contribution < -0.4 is 11.1 Å². The topological polar surface area (TPSA) is 82.2 Å². The van der Waals surface area contributed by atoms with Crippen molar-refractivity contribution in [3.8, 4) is 0 Å². The minimum atomic E-state index is -0.599. The number of carbonyl (C=O) groups excluding carboxylic acids is 1. The number of nitrogens with one attached hydrogen (secondary N) is 1. The average Bonchev–Trinajstić information content (AvgIpc) is 2.98. The monoisotopic (exact) mass is 326 g/mol. The molecule has 2 rings (SSSR count). The van der Waals surface area contributed by atoms with Crippen LogP contribution in [0.5, 0.6) is 0 Å². The molecule has 1 aromatic carbocycles. The Morgan fingerprint density at radius 1 is 1.50 bits per heavy atom. The predicted octanol–water partition coefficient (Wildman–Crippen LogP) is 1.89. The van der Waals surface area contributed by atoms with Crippen LogP contribution in [-0.2, 0) is 23.0 Å². The largest absolute Gasteiger partial charge is 0.467 e. The number of benzene rings is 1. The van der Waals surface area contributed by atoms with Gasteiger partial charge in [0, 0.05) is 37.1 Å². The highest BCUT2D eigenvalue weighted by Crippen LogP contribution is 2.19. The number of aromatic nitrogens is 2. The molecule has 0 aliphatic carbocycles. The molecule has 24 heavy (non-hydrogen) atoms. The van der Waals surface area contributed by atoms with E-state index >= 15 is 0 Å². The molecule has 0 aliphatic rings.